The molecule has 2 amide bonds. The highest BCUT2D eigenvalue weighted by Gasteiger charge is 2.34. The minimum Gasteiger partial charge on any atom is -0.481 e. The van der Waals surface area contributed by atoms with Crippen LogP contribution in [0.25, 0.3) is 0 Å². The molecule has 204 valence electrons. The molecule has 0 bridgehead atoms. The van der Waals surface area contributed by atoms with Crippen molar-refractivity contribution in [2.75, 3.05) is 65.4 Å². The minimum atomic E-state index is -0.768. The van der Waals surface area contributed by atoms with Gasteiger partial charge in [-0.05, 0) is 46.0 Å². The first-order valence-corrected chi connectivity index (χ1v) is 12.9. The number of ether oxygens (including phenoxy) is 2. The number of amides is 2. The molecule has 0 aliphatic carbocycles. The predicted octanol–water partition coefficient (Wildman–Crippen LogP) is 1.46. The molecule has 12 nitrogen and oxygen atoms in total. The molecule has 0 saturated carbocycles. The number of nitrogens with one attached hydrogen (secondary N) is 2. The third kappa shape index (κ3) is 9.12. The average molecular weight is 511 g/mol. The van der Waals surface area contributed by atoms with Crippen LogP contribution in [0, 0.1) is 11.3 Å². The summed E-state index contributed by atoms with van der Waals surface area (Å²) in [5, 5.41) is 19.5. The molecule has 0 aromatic rings. The summed E-state index contributed by atoms with van der Waals surface area (Å²) in [6, 6.07) is 0. The molecule has 0 aromatic carbocycles. The molecule has 12 heteroatoms. The van der Waals surface area contributed by atoms with Gasteiger partial charge in [-0.15, -0.1) is 0 Å². The molecule has 3 N–H and O–H groups in total. The lowest BCUT2D eigenvalue weighted by Crippen LogP contribution is -2.49. The van der Waals surface area contributed by atoms with E-state index in [1.807, 2.05) is 4.90 Å². The van der Waals surface area contributed by atoms with Gasteiger partial charge in [0.1, 0.15) is 11.7 Å². The Morgan fingerprint density at radius 2 is 1.72 bits per heavy atom. The number of guanidine groups is 1. The maximum atomic E-state index is 12.4. The molecule has 3 saturated heterocycles. The second-order valence-corrected chi connectivity index (χ2v) is 10.9. The minimum absolute atomic E-state index is 0.0661. The van der Waals surface area contributed by atoms with E-state index >= 15 is 0 Å². The first kappa shape index (κ1) is 28.0. The SMILES string of the molecule is CC(C)(C)OC(=O)NC(=N)N1CCC(CCN2CC(CN3CCN(CCC(=O)O)CC3)OC2=O)CC1. The zero-order chi connectivity index (χ0) is 26.3. The molecule has 36 heavy (non-hydrogen) atoms. The average Bonchev–Trinajstić information content (AvgIpc) is 3.14. The highest BCUT2D eigenvalue weighted by Crippen LogP contribution is 2.23. The first-order valence-electron chi connectivity index (χ1n) is 12.9. The summed E-state index contributed by atoms with van der Waals surface area (Å²) in [5.41, 5.74) is -0.606. The number of cyclic esters (lactones) is 1. The number of carboxylic acids is 1. The van der Waals surface area contributed by atoms with Crippen LogP contribution < -0.4 is 5.32 Å². The van der Waals surface area contributed by atoms with Crippen molar-refractivity contribution in [1.82, 2.24) is 24.9 Å². The van der Waals surface area contributed by atoms with Gasteiger partial charge in [0.25, 0.3) is 0 Å². The number of piperidine rings is 1. The quantitative estimate of drug-likeness (QED) is 0.327. The van der Waals surface area contributed by atoms with Crippen molar-refractivity contribution >= 4 is 24.1 Å². The second kappa shape index (κ2) is 12.6. The standard InChI is InChI=1S/C24H42N6O6/c1-24(2,3)36-22(33)26-21(25)29-9-4-18(5-10-29)6-11-30-17-19(35-23(30)34)16-28-14-12-27(13-15-28)8-7-20(31)32/h18-19H,4-17H2,1-3H3,(H,31,32)(H2,25,26,33). The number of carboxylic acid groups (broad SMARTS) is 1. The lowest BCUT2D eigenvalue weighted by Gasteiger charge is -2.35. The largest absolute Gasteiger partial charge is 0.481 e. The van der Waals surface area contributed by atoms with Gasteiger partial charge in [0.05, 0.1) is 13.0 Å². The van der Waals surface area contributed by atoms with E-state index in [-0.39, 0.29) is 24.6 Å². The number of nitrogens with zero attached hydrogens (tertiary/aromatic N) is 4. The molecule has 0 radical (unpaired) electrons. The Labute approximate surface area is 213 Å². The molecular formula is C24H42N6O6. The van der Waals surface area contributed by atoms with E-state index < -0.39 is 17.7 Å². The summed E-state index contributed by atoms with van der Waals surface area (Å²) >= 11 is 0. The smallest absolute Gasteiger partial charge is 0.414 e. The fourth-order valence-electron chi connectivity index (χ4n) is 4.85. The Morgan fingerprint density at radius 1 is 1.08 bits per heavy atom. The molecule has 3 fully saturated rings. The number of alkyl carbamates (subject to hydrolysis) is 1. The Balaban J connectivity index is 1.30. The van der Waals surface area contributed by atoms with Crippen LogP contribution in [-0.4, -0.2) is 126 Å². The Kier molecular flexibility index (Phi) is 9.77. The second-order valence-electron chi connectivity index (χ2n) is 10.9. The molecule has 3 aliphatic heterocycles. The van der Waals surface area contributed by atoms with E-state index in [2.05, 4.69) is 15.1 Å². The van der Waals surface area contributed by atoms with Crippen LogP contribution in [0.2, 0.25) is 0 Å². The third-order valence-corrected chi connectivity index (χ3v) is 6.88. The summed E-state index contributed by atoms with van der Waals surface area (Å²) in [5.74, 6) is -0.242. The number of carbonyl (C=O) groups is 3. The maximum absolute atomic E-state index is 12.4. The zero-order valence-electron chi connectivity index (χ0n) is 21.8. The van der Waals surface area contributed by atoms with Crippen LogP contribution in [0.15, 0.2) is 0 Å². The highest BCUT2D eigenvalue weighted by atomic mass is 16.6. The van der Waals surface area contributed by atoms with E-state index in [0.717, 1.165) is 45.4 Å². The number of carbonyl (C=O) groups excluding carboxylic acids is 2. The highest BCUT2D eigenvalue weighted by molar-refractivity contribution is 5.92. The lowest BCUT2D eigenvalue weighted by molar-refractivity contribution is -0.137. The number of hydrogen-bond acceptors (Lipinski definition) is 8. The summed E-state index contributed by atoms with van der Waals surface area (Å²) in [4.78, 5) is 43.1. The van der Waals surface area contributed by atoms with Crippen molar-refractivity contribution < 1.29 is 29.0 Å². The van der Waals surface area contributed by atoms with Crippen LogP contribution in [0.1, 0.15) is 46.5 Å². The topological polar surface area (TPSA) is 139 Å². The van der Waals surface area contributed by atoms with Crippen molar-refractivity contribution in [3.8, 4) is 0 Å². The van der Waals surface area contributed by atoms with Crippen LogP contribution in [0.3, 0.4) is 0 Å². The van der Waals surface area contributed by atoms with Gasteiger partial charge in [0.2, 0.25) is 5.96 Å². The fourth-order valence-corrected chi connectivity index (χ4v) is 4.85. The molecule has 3 rings (SSSR count). The van der Waals surface area contributed by atoms with E-state index in [1.165, 1.54) is 0 Å². The summed E-state index contributed by atoms with van der Waals surface area (Å²) in [6.45, 7) is 12.6. The van der Waals surface area contributed by atoms with Crippen LogP contribution in [0.5, 0.6) is 0 Å². The Morgan fingerprint density at radius 3 is 2.33 bits per heavy atom. The summed E-state index contributed by atoms with van der Waals surface area (Å²) in [6.07, 6.45) is 1.86. The lowest BCUT2D eigenvalue weighted by atomic mass is 9.93. The number of piperazine rings is 1. The van der Waals surface area contributed by atoms with E-state index in [4.69, 9.17) is 20.0 Å². The molecule has 0 spiro atoms. The van der Waals surface area contributed by atoms with Crippen molar-refractivity contribution in [3.05, 3.63) is 0 Å². The van der Waals surface area contributed by atoms with Crippen LogP contribution >= 0.6 is 0 Å². The molecule has 1 unspecified atom stereocenters. The van der Waals surface area contributed by atoms with Gasteiger partial charge in [0.15, 0.2) is 0 Å². The first-order chi connectivity index (χ1) is 17.0. The van der Waals surface area contributed by atoms with E-state index in [1.54, 1.807) is 25.7 Å². The molecule has 0 aromatic heterocycles. The summed E-state index contributed by atoms with van der Waals surface area (Å²) < 4.78 is 10.8. The van der Waals surface area contributed by atoms with Gasteiger partial charge in [0, 0.05) is 58.9 Å². The van der Waals surface area contributed by atoms with Crippen LogP contribution in [-0.2, 0) is 14.3 Å². The number of hydrogen-bond donors (Lipinski definition) is 3. The van der Waals surface area contributed by atoms with Gasteiger partial charge in [-0.25, -0.2) is 9.59 Å². The normalized spacial score (nSPS) is 22.4. The monoisotopic (exact) mass is 510 g/mol. The van der Waals surface area contributed by atoms with Gasteiger partial charge in [-0.3, -0.25) is 20.4 Å². The zero-order valence-corrected chi connectivity index (χ0v) is 21.8. The maximum Gasteiger partial charge on any atom is 0.414 e. The molecule has 3 aliphatic rings. The predicted molar refractivity (Wildman–Crippen MR) is 133 cm³/mol. The molecule has 3 heterocycles. The van der Waals surface area contributed by atoms with Gasteiger partial charge >= 0.3 is 18.2 Å². The Bertz CT molecular complexity index is 786. The fraction of sp³-hybridized carbons (Fsp3) is 0.833. The van der Waals surface area contributed by atoms with E-state index in [9.17, 15) is 14.4 Å². The van der Waals surface area contributed by atoms with Gasteiger partial charge in [-0.1, -0.05) is 0 Å². The number of aliphatic carboxylic acids is 1. The van der Waals surface area contributed by atoms with Crippen molar-refractivity contribution in [1.29, 1.82) is 5.41 Å². The van der Waals surface area contributed by atoms with Crippen molar-refractivity contribution in [3.63, 3.8) is 0 Å². The molecular weight excluding hydrogens is 468 g/mol. The number of rotatable bonds is 8. The number of likely N-dealkylation sites (tertiary alicyclic amines) is 1. The van der Waals surface area contributed by atoms with Gasteiger partial charge < -0.3 is 29.3 Å². The van der Waals surface area contributed by atoms with Crippen molar-refractivity contribution in [2.24, 2.45) is 5.92 Å². The Hall–Kier alpha value is -2.60. The molecule has 1 atom stereocenters. The third-order valence-electron chi connectivity index (χ3n) is 6.88. The van der Waals surface area contributed by atoms with Crippen LogP contribution in [0.4, 0.5) is 9.59 Å². The van der Waals surface area contributed by atoms with E-state index in [0.29, 0.717) is 45.2 Å². The van der Waals surface area contributed by atoms with Gasteiger partial charge in [-0.2, -0.15) is 0 Å². The van der Waals surface area contributed by atoms with Crippen molar-refractivity contribution in [2.45, 2.75) is 58.2 Å². The summed E-state index contributed by atoms with van der Waals surface area (Å²) in [7, 11) is 0.